The fraction of sp³-hybridized carbons (Fsp3) is 0.300. The summed E-state index contributed by atoms with van der Waals surface area (Å²) in [5, 5.41) is 3.21. The Balaban J connectivity index is 2.18. The zero-order valence-electron chi connectivity index (χ0n) is 14.5. The zero-order valence-corrected chi connectivity index (χ0v) is 14.5. The fourth-order valence-electron chi connectivity index (χ4n) is 3.57. The molecule has 1 saturated heterocycles. The maximum Gasteiger partial charge on any atom is 0.417 e. The molecule has 27 heavy (non-hydrogen) atoms. The monoisotopic (exact) mass is 376 g/mol. The summed E-state index contributed by atoms with van der Waals surface area (Å²) in [5.74, 6) is -1.69. The molecule has 1 aliphatic heterocycles. The van der Waals surface area contributed by atoms with E-state index in [9.17, 15) is 22.8 Å². The van der Waals surface area contributed by atoms with Crippen molar-refractivity contribution in [3.8, 4) is 0 Å². The molecule has 0 aromatic heterocycles. The number of carbonyl (C=O) groups is 2. The Labute approximate surface area is 154 Å². The molecule has 1 amide bonds. The first kappa shape index (κ1) is 19.1. The molecule has 0 bridgehead atoms. The standard InChI is InChI=1S/C20H19F3N2O2/c21-20(22,23)16-7-2-1-4-14(16)18(26)17-13(12-8-10-25-11-9-12)5-3-6-15(17)19(24)27/h1-7,12,25H,8-11H2,(H2,24,27). The number of benzene rings is 2. The minimum absolute atomic E-state index is 0.0198. The van der Waals surface area contributed by atoms with Crippen LogP contribution in [0.2, 0.25) is 0 Å². The van der Waals surface area contributed by atoms with Crippen molar-refractivity contribution in [1.29, 1.82) is 0 Å². The average molecular weight is 376 g/mol. The Morgan fingerprint density at radius 1 is 0.963 bits per heavy atom. The first-order valence-corrected chi connectivity index (χ1v) is 8.65. The van der Waals surface area contributed by atoms with E-state index in [0.717, 1.165) is 38.1 Å². The molecule has 7 heteroatoms. The highest BCUT2D eigenvalue weighted by Gasteiger charge is 2.36. The van der Waals surface area contributed by atoms with E-state index >= 15 is 0 Å². The number of alkyl halides is 3. The van der Waals surface area contributed by atoms with Gasteiger partial charge in [-0.2, -0.15) is 13.2 Å². The molecular weight excluding hydrogens is 357 g/mol. The minimum atomic E-state index is -4.68. The average Bonchev–Trinajstić information content (AvgIpc) is 2.66. The topological polar surface area (TPSA) is 72.2 Å². The number of nitrogens with one attached hydrogen (secondary N) is 1. The molecule has 0 saturated carbocycles. The van der Waals surface area contributed by atoms with Crippen molar-refractivity contribution < 1.29 is 22.8 Å². The van der Waals surface area contributed by atoms with Crippen LogP contribution in [0.25, 0.3) is 0 Å². The lowest BCUT2D eigenvalue weighted by Gasteiger charge is -2.26. The summed E-state index contributed by atoms with van der Waals surface area (Å²) >= 11 is 0. The predicted molar refractivity (Wildman–Crippen MR) is 94.7 cm³/mol. The molecule has 0 radical (unpaired) electrons. The van der Waals surface area contributed by atoms with Gasteiger partial charge in [-0.3, -0.25) is 9.59 Å². The second-order valence-corrected chi connectivity index (χ2v) is 6.53. The number of ketones is 1. The number of rotatable bonds is 4. The Morgan fingerprint density at radius 2 is 1.59 bits per heavy atom. The molecule has 1 aliphatic rings. The van der Waals surface area contributed by atoms with Gasteiger partial charge in [0.15, 0.2) is 5.78 Å². The smallest absolute Gasteiger partial charge is 0.366 e. The number of carbonyl (C=O) groups excluding carboxylic acids is 2. The van der Waals surface area contributed by atoms with Crippen molar-refractivity contribution >= 4 is 11.7 Å². The number of piperidine rings is 1. The summed E-state index contributed by atoms with van der Waals surface area (Å²) in [5.41, 5.74) is 4.44. The van der Waals surface area contributed by atoms with Gasteiger partial charge in [0.2, 0.25) is 5.91 Å². The van der Waals surface area contributed by atoms with Crippen molar-refractivity contribution in [1.82, 2.24) is 5.32 Å². The van der Waals surface area contributed by atoms with Gasteiger partial charge in [-0.25, -0.2) is 0 Å². The van der Waals surface area contributed by atoms with Crippen LogP contribution in [0.3, 0.4) is 0 Å². The number of halogens is 3. The Kier molecular flexibility index (Phi) is 5.32. The highest BCUT2D eigenvalue weighted by atomic mass is 19.4. The third-order valence-electron chi connectivity index (χ3n) is 4.85. The lowest BCUT2D eigenvalue weighted by atomic mass is 9.82. The van der Waals surface area contributed by atoms with Crippen LogP contribution in [-0.4, -0.2) is 24.8 Å². The molecule has 2 aromatic rings. The highest BCUT2D eigenvalue weighted by Crippen LogP contribution is 2.36. The Morgan fingerprint density at radius 3 is 2.22 bits per heavy atom. The summed E-state index contributed by atoms with van der Waals surface area (Å²) in [6.07, 6.45) is -3.23. The number of nitrogens with two attached hydrogens (primary N) is 1. The van der Waals surface area contributed by atoms with Crippen molar-refractivity contribution in [3.63, 3.8) is 0 Å². The third-order valence-corrected chi connectivity index (χ3v) is 4.85. The van der Waals surface area contributed by atoms with Crippen LogP contribution >= 0.6 is 0 Å². The van der Waals surface area contributed by atoms with Gasteiger partial charge in [-0.15, -0.1) is 0 Å². The normalized spacial score (nSPS) is 15.5. The second kappa shape index (κ2) is 7.52. The summed E-state index contributed by atoms with van der Waals surface area (Å²) in [7, 11) is 0. The number of hydrogen-bond donors (Lipinski definition) is 2. The Hall–Kier alpha value is -2.67. The number of primary amides is 1. The van der Waals surface area contributed by atoms with E-state index in [-0.39, 0.29) is 17.0 Å². The number of amides is 1. The van der Waals surface area contributed by atoms with Crippen LogP contribution in [0.15, 0.2) is 42.5 Å². The fourth-order valence-corrected chi connectivity index (χ4v) is 3.57. The van der Waals surface area contributed by atoms with Crippen molar-refractivity contribution in [2.45, 2.75) is 24.9 Å². The molecule has 0 aliphatic carbocycles. The molecule has 1 fully saturated rings. The van der Waals surface area contributed by atoms with Gasteiger partial charge in [-0.05, 0) is 49.5 Å². The molecule has 142 valence electrons. The third kappa shape index (κ3) is 3.88. The van der Waals surface area contributed by atoms with E-state index in [0.29, 0.717) is 5.56 Å². The maximum atomic E-state index is 13.4. The first-order valence-electron chi connectivity index (χ1n) is 8.65. The van der Waals surface area contributed by atoms with Crippen molar-refractivity contribution in [2.75, 3.05) is 13.1 Å². The van der Waals surface area contributed by atoms with Crippen LogP contribution in [0.1, 0.15) is 56.2 Å². The van der Waals surface area contributed by atoms with Crippen molar-refractivity contribution in [3.05, 3.63) is 70.3 Å². The van der Waals surface area contributed by atoms with Crippen LogP contribution < -0.4 is 11.1 Å². The van der Waals surface area contributed by atoms with Crippen LogP contribution in [0.5, 0.6) is 0 Å². The minimum Gasteiger partial charge on any atom is -0.366 e. The van der Waals surface area contributed by atoms with Gasteiger partial charge in [0.1, 0.15) is 0 Å². The van der Waals surface area contributed by atoms with E-state index in [2.05, 4.69) is 5.32 Å². The molecule has 0 unspecified atom stereocenters. The maximum absolute atomic E-state index is 13.4. The van der Waals surface area contributed by atoms with Gasteiger partial charge in [0.25, 0.3) is 0 Å². The SMILES string of the molecule is NC(=O)c1cccc(C2CCNCC2)c1C(=O)c1ccccc1C(F)(F)F. The quantitative estimate of drug-likeness (QED) is 0.803. The lowest BCUT2D eigenvalue weighted by Crippen LogP contribution is -2.28. The van der Waals surface area contributed by atoms with Crippen molar-refractivity contribution in [2.24, 2.45) is 5.73 Å². The van der Waals surface area contributed by atoms with Gasteiger partial charge in [-0.1, -0.05) is 30.3 Å². The van der Waals surface area contributed by atoms with E-state index in [1.54, 1.807) is 12.1 Å². The van der Waals surface area contributed by atoms with E-state index in [1.807, 2.05) is 0 Å². The molecular formula is C20H19F3N2O2. The summed E-state index contributed by atoms with van der Waals surface area (Å²) in [6.45, 7) is 1.47. The van der Waals surface area contributed by atoms with E-state index in [4.69, 9.17) is 5.73 Å². The molecule has 3 N–H and O–H groups in total. The zero-order chi connectivity index (χ0) is 19.6. The summed E-state index contributed by atoms with van der Waals surface area (Å²) in [6, 6.07) is 9.30. The molecule has 0 spiro atoms. The lowest BCUT2D eigenvalue weighted by molar-refractivity contribution is -0.137. The largest absolute Gasteiger partial charge is 0.417 e. The van der Waals surface area contributed by atoms with Gasteiger partial charge in [0, 0.05) is 11.1 Å². The first-order chi connectivity index (χ1) is 12.8. The predicted octanol–water partition coefficient (Wildman–Crippen LogP) is 3.50. The van der Waals surface area contributed by atoms with Crippen LogP contribution in [0, 0.1) is 0 Å². The molecule has 2 aromatic carbocycles. The summed E-state index contributed by atoms with van der Waals surface area (Å²) in [4.78, 5) is 25.1. The second-order valence-electron chi connectivity index (χ2n) is 6.53. The van der Waals surface area contributed by atoms with E-state index < -0.39 is 29.0 Å². The van der Waals surface area contributed by atoms with E-state index in [1.165, 1.54) is 18.2 Å². The van der Waals surface area contributed by atoms with Crippen LogP contribution in [0.4, 0.5) is 13.2 Å². The summed E-state index contributed by atoms with van der Waals surface area (Å²) < 4.78 is 40.2. The van der Waals surface area contributed by atoms with Gasteiger partial charge in [0.05, 0.1) is 11.1 Å². The van der Waals surface area contributed by atoms with Gasteiger partial charge < -0.3 is 11.1 Å². The Bertz CT molecular complexity index is 872. The molecule has 3 rings (SSSR count). The molecule has 4 nitrogen and oxygen atoms in total. The van der Waals surface area contributed by atoms with Gasteiger partial charge >= 0.3 is 6.18 Å². The molecule has 1 heterocycles. The number of hydrogen-bond acceptors (Lipinski definition) is 3. The van der Waals surface area contributed by atoms with Crippen LogP contribution in [-0.2, 0) is 6.18 Å². The molecule has 0 atom stereocenters. The highest BCUT2D eigenvalue weighted by molar-refractivity contribution is 6.16.